The van der Waals surface area contributed by atoms with Crippen molar-refractivity contribution < 1.29 is 0 Å². The molecule has 0 fully saturated rings. The van der Waals surface area contributed by atoms with Crippen LogP contribution in [0, 0.1) is 13.8 Å². The molecule has 1 heterocycles. The molecule has 1 aromatic heterocycles. The van der Waals surface area contributed by atoms with Crippen LogP contribution in [-0.2, 0) is 6.42 Å². The topological polar surface area (TPSA) is 17.8 Å². The monoisotopic (exact) mass is 290 g/mol. The van der Waals surface area contributed by atoms with Crippen LogP contribution in [0.15, 0.2) is 41.4 Å². The summed E-state index contributed by atoms with van der Waals surface area (Å²) in [5.41, 5.74) is 4.49. The highest BCUT2D eigenvalue weighted by atomic mass is 79.9. The first-order chi connectivity index (χ1) is 8.15. The minimum atomic E-state index is 0.853. The van der Waals surface area contributed by atoms with Gasteiger partial charge in [-0.2, -0.15) is 5.10 Å². The highest BCUT2D eigenvalue weighted by Gasteiger charge is 2.12. The van der Waals surface area contributed by atoms with Gasteiger partial charge in [0.05, 0.1) is 21.5 Å². The number of aryl methyl sites for hydroxylation is 1. The molecule has 0 saturated carbocycles. The van der Waals surface area contributed by atoms with Crippen molar-refractivity contribution >= 4 is 15.9 Å². The van der Waals surface area contributed by atoms with Crippen LogP contribution in [0.1, 0.15) is 17.0 Å². The Bertz CT molecular complexity index is 555. The molecule has 0 radical (unpaired) electrons. The molecular weight excluding hydrogens is 276 g/mol. The second-order valence-corrected chi connectivity index (χ2v) is 4.81. The zero-order valence-corrected chi connectivity index (χ0v) is 11.7. The Kier molecular flexibility index (Phi) is 3.48. The van der Waals surface area contributed by atoms with Crippen LogP contribution in [0.2, 0.25) is 0 Å². The minimum Gasteiger partial charge on any atom is -0.236 e. The number of hydrogen-bond acceptors (Lipinski definition) is 1. The summed E-state index contributed by atoms with van der Waals surface area (Å²) in [4.78, 5) is 0. The maximum absolute atomic E-state index is 4.56. The highest BCUT2D eigenvalue weighted by Crippen LogP contribution is 2.24. The lowest BCUT2D eigenvalue weighted by Gasteiger charge is -2.09. The molecule has 0 aliphatic rings. The molecule has 0 unspecified atom stereocenters. The van der Waals surface area contributed by atoms with E-state index in [-0.39, 0.29) is 0 Å². The Morgan fingerprint density at radius 2 is 2.06 bits per heavy atom. The first kappa shape index (κ1) is 12.1. The van der Waals surface area contributed by atoms with Crippen molar-refractivity contribution in [1.82, 2.24) is 9.78 Å². The van der Waals surface area contributed by atoms with Crippen molar-refractivity contribution in [2.75, 3.05) is 0 Å². The van der Waals surface area contributed by atoms with Crippen LogP contribution in [0.4, 0.5) is 0 Å². The predicted molar refractivity (Wildman–Crippen MR) is 74.6 cm³/mol. The van der Waals surface area contributed by atoms with E-state index < -0.39 is 0 Å². The predicted octanol–water partition coefficient (Wildman–Crippen LogP) is 3.98. The van der Waals surface area contributed by atoms with Crippen molar-refractivity contribution in [3.05, 3.63) is 58.3 Å². The van der Waals surface area contributed by atoms with Gasteiger partial charge in [0.1, 0.15) is 0 Å². The Hall–Kier alpha value is -1.35. The Balaban J connectivity index is 2.59. The summed E-state index contributed by atoms with van der Waals surface area (Å²) in [6.07, 6.45) is 2.77. The van der Waals surface area contributed by atoms with Gasteiger partial charge in [-0.15, -0.1) is 6.58 Å². The molecule has 1 aromatic carbocycles. The van der Waals surface area contributed by atoms with Crippen LogP contribution in [0.25, 0.3) is 5.69 Å². The molecule has 0 atom stereocenters. The number of rotatable bonds is 3. The standard InChI is InChI=1S/C14H15BrN2/c1-4-7-12-8-5-6-9-13(12)17-11(3)14(15)10(2)16-17/h4-6,8-9H,1,7H2,2-3H3. The quantitative estimate of drug-likeness (QED) is 0.782. The fraction of sp³-hybridized carbons (Fsp3) is 0.214. The average molecular weight is 291 g/mol. The van der Waals surface area contributed by atoms with E-state index in [1.165, 1.54) is 5.56 Å². The number of halogens is 1. The molecular formula is C14H15BrN2. The van der Waals surface area contributed by atoms with Crippen LogP contribution >= 0.6 is 15.9 Å². The van der Waals surface area contributed by atoms with Gasteiger partial charge < -0.3 is 0 Å². The SMILES string of the molecule is C=CCc1ccccc1-n1nc(C)c(Br)c1C. The molecule has 0 aliphatic carbocycles. The van der Waals surface area contributed by atoms with Crippen molar-refractivity contribution in [1.29, 1.82) is 0 Å². The van der Waals surface area contributed by atoms with E-state index in [2.05, 4.69) is 46.7 Å². The Morgan fingerprint density at radius 3 is 2.65 bits per heavy atom. The van der Waals surface area contributed by atoms with Gasteiger partial charge >= 0.3 is 0 Å². The number of allylic oxidation sites excluding steroid dienone is 1. The number of benzene rings is 1. The van der Waals surface area contributed by atoms with E-state index in [1.54, 1.807) is 0 Å². The van der Waals surface area contributed by atoms with E-state index >= 15 is 0 Å². The lowest BCUT2D eigenvalue weighted by atomic mass is 10.1. The summed E-state index contributed by atoms with van der Waals surface area (Å²) in [5.74, 6) is 0. The fourth-order valence-corrected chi connectivity index (χ4v) is 2.15. The zero-order valence-electron chi connectivity index (χ0n) is 10.1. The molecule has 2 aromatic rings. The summed E-state index contributed by atoms with van der Waals surface area (Å²) in [7, 11) is 0. The van der Waals surface area contributed by atoms with E-state index in [1.807, 2.05) is 29.8 Å². The van der Waals surface area contributed by atoms with Gasteiger partial charge in [0, 0.05) is 0 Å². The van der Waals surface area contributed by atoms with Gasteiger partial charge in [0.2, 0.25) is 0 Å². The zero-order chi connectivity index (χ0) is 12.4. The van der Waals surface area contributed by atoms with E-state index in [0.29, 0.717) is 0 Å². The first-order valence-corrected chi connectivity index (χ1v) is 6.35. The molecule has 3 heteroatoms. The van der Waals surface area contributed by atoms with Crippen molar-refractivity contribution in [3.8, 4) is 5.69 Å². The lowest BCUT2D eigenvalue weighted by Crippen LogP contribution is -2.02. The second-order valence-electron chi connectivity index (χ2n) is 4.02. The molecule has 0 amide bonds. The number of hydrogen-bond donors (Lipinski definition) is 0. The van der Waals surface area contributed by atoms with Gasteiger partial charge in [-0.25, -0.2) is 4.68 Å². The third-order valence-electron chi connectivity index (χ3n) is 2.79. The third-order valence-corrected chi connectivity index (χ3v) is 3.93. The maximum atomic E-state index is 4.56. The third kappa shape index (κ3) is 2.20. The largest absolute Gasteiger partial charge is 0.236 e. The minimum absolute atomic E-state index is 0.853. The van der Waals surface area contributed by atoms with E-state index in [0.717, 1.165) is 28.0 Å². The van der Waals surface area contributed by atoms with Gasteiger partial charge in [-0.3, -0.25) is 0 Å². The Morgan fingerprint density at radius 1 is 1.35 bits per heavy atom. The molecule has 0 bridgehead atoms. The molecule has 88 valence electrons. The van der Waals surface area contributed by atoms with Crippen molar-refractivity contribution in [3.63, 3.8) is 0 Å². The van der Waals surface area contributed by atoms with Crippen LogP contribution < -0.4 is 0 Å². The van der Waals surface area contributed by atoms with Crippen molar-refractivity contribution in [2.24, 2.45) is 0 Å². The summed E-state index contributed by atoms with van der Waals surface area (Å²) in [6, 6.07) is 8.28. The normalized spacial score (nSPS) is 10.5. The smallest absolute Gasteiger partial charge is 0.0743 e. The van der Waals surface area contributed by atoms with Gasteiger partial charge in [0.25, 0.3) is 0 Å². The molecule has 17 heavy (non-hydrogen) atoms. The lowest BCUT2D eigenvalue weighted by molar-refractivity contribution is 0.824. The summed E-state index contributed by atoms with van der Waals surface area (Å²) < 4.78 is 3.06. The maximum Gasteiger partial charge on any atom is 0.0743 e. The highest BCUT2D eigenvalue weighted by molar-refractivity contribution is 9.10. The molecule has 2 nitrogen and oxygen atoms in total. The van der Waals surface area contributed by atoms with E-state index in [4.69, 9.17) is 0 Å². The fourth-order valence-electron chi connectivity index (χ4n) is 1.90. The second kappa shape index (κ2) is 4.88. The van der Waals surface area contributed by atoms with Crippen LogP contribution in [0.3, 0.4) is 0 Å². The number of aromatic nitrogens is 2. The van der Waals surface area contributed by atoms with Crippen molar-refractivity contribution in [2.45, 2.75) is 20.3 Å². The number of nitrogens with zero attached hydrogens (tertiary/aromatic N) is 2. The first-order valence-electron chi connectivity index (χ1n) is 5.56. The summed E-state index contributed by atoms with van der Waals surface area (Å²) in [5, 5.41) is 4.56. The van der Waals surface area contributed by atoms with Crippen LogP contribution in [-0.4, -0.2) is 9.78 Å². The van der Waals surface area contributed by atoms with Gasteiger partial charge in [0.15, 0.2) is 0 Å². The van der Waals surface area contributed by atoms with Gasteiger partial charge in [-0.1, -0.05) is 24.3 Å². The summed E-state index contributed by atoms with van der Waals surface area (Å²) >= 11 is 3.56. The molecule has 0 aliphatic heterocycles. The molecule has 0 saturated heterocycles. The summed E-state index contributed by atoms with van der Waals surface area (Å²) in [6.45, 7) is 7.86. The van der Waals surface area contributed by atoms with Gasteiger partial charge in [-0.05, 0) is 47.8 Å². The average Bonchev–Trinajstić information content (AvgIpc) is 2.58. The molecule has 0 N–H and O–H groups in total. The Labute approximate surface area is 110 Å². The van der Waals surface area contributed by atoms with E-state index in [9.17, 15) is 0 Å². The molecule has 2 rings (SSSR count). The van der Waals surface area contributed by atoms with Crippen LogP contribution in [0.5, 0.6) is 0 Å². The molecule has 0 spiro atoms. The number of para-hydroxylation sites is 1.